The fourth-order valence-electron chi connectivity index (χ4n) is 2.64. The molecule has 0 aliphatic heterocycles. The average molecular weight is 351 g/mol. The highest BCUT2D eigenvalue weighted by Crippen LogP contribution is 2.28. The van der Waals surface area contributed by atoms with E-state index in [9.17, 15) is 0 Å². The zero-order chi connectivity index (χ0) is 16.5. The summed E-state index contributed by atoms with van der Waals surface area (Å²) in [6, 6.07) is 23.8. The summed E-state index contributed by atoms with van der Waals surface area (Å²) >= 11 is 12.4. The minimum atomic E-state index is 0.429. The molecule has 0 spiro atoms. The van der Waals surface area contributed by atoms with Crippen molar-refractivity contribution in [1.82, 2.24) is 9.97 Å². The van der Waals surface area contributed by atoms with Gasteiger partial charge in [-0.2, -0.15) is 0 Å². The Morgan fingerprint density at radius 2 is 1.29 bits per heavy atom. The monoisotopic (exact) mass is 350 g/mol. The topological polar surface area (TPSA) is 25.8 Å². The predicted octanol–water partition coefficient (Wildman–Crippen LogP) is 6.27. The molecule has 0 atom stereocenters. The number of halogens is 2. The smallest absolute Gasteiger partial charge is 0.161 e. The molecular weight excluding hydrogens is 339 g/mol. The third-order valence-corrected chi connectivity index (χ3v) is 4.39. The predicted molar refractivity (Wildman–Crippen MR) is 100 cm³/mol. The summed E-state index contributed by atoms with van der Waals surface area (Å²) in [7, 11) is 0. The fourth-order valence-corrected chi connectivity index (χ4v) is 3.04. The summed E-state index contributed by atoms with van der Waals surface area (Å²) in [5, 5.41) is 1.85. The molecule has 1 aromatic heterocycles. The molecule has 0 fully saturated rings. The van der Waals surface area contributed by atoms with Crippen molar-refractivity contribution in [3.05, 3.63) is 83.0 Å². The van der Waals surface area contributed by atoms with E-state index in [4.69, 9.17) is 23.2 Å². The van der Waals surface area contributed by atoms with E-state index < -0.39 is 0 Å². The highest BCUT2D eigenvalue weighted by molar-refractivity contribution is 6.35. The number of hydrogen-bond acceptors (Lipinski definition) is 2. The first kappa shape index (κ1) is 15.1. The number of benzene rings is 3. The van der Waals surface area contributed by atoms with Gasteiger partial charge in [0, 0.05) is 16.0 Å². The molecule has 2 nitrogen and oxygen atoms in total. The molecule has 0 amide bonds. The lowest BCUT2D eigenvalue weighted by molar-refractivity contribution is 1.23. The van der Waals surface area contributed by atoms with Crippen LogP contribution in [0.2, 0.25) is 10.2 Å². The summed E-state index contributed by atoms with van der Waals surface area (Å²) in [5.41, 5.74) is 3.98. The number of aromatic nitrogens is 2. The molecule has 0 bridgehead atoms. The van der Waals surface area contributed by atoms with Crippen LogP contribution in [0, 0.1) is 0 Å². The Bertz CT molecular complexity index is 1010. The van der Waals surface area contributed by atoms with Gasteiger partial charge < -0.3 is 0 Å². The van der Waals surface area contributed by atoms with Gasteiger partial charge in [0.25, 0.3) is 0 Å². The van der Waals surface area contributed by atoms with Crippen molar-refractivity contribution in [2.75, 3.05) is 0 Å². The molecule has 0 N–H and O–H groups in total. The van der Waals surface area contributed by atoms with Crippen molar-refractivity contribution in [3.8, 4) is 22.5 Å². The number of fused-ring (bicyclic) bond motifs is 1. The fraction of sp³-hybridized carbons (Fsp3) is 0. The Kier molecular flexibility index (Phi) is 3.93. The van der Waals surface area contributed by atoms with E-state index >= 15 is 0 Å². The van der Waals surface area contributed by atoms with Crippen LogP contribution in [0.25, 0.3) is 33.4 Å². The second kappa shape index (κ2) is 6.23. The van der Waals surface area contributed by atoms with Crippen molar-refractivity contribution < 1.29 is 0 Å². The van der Waals surface area contributed by atoms with Gasteiger partial charge in [0.1, 0.15) is 5.15 Å². The standard InChI is InChI=1S/C20H12Cl2N2/c21-16-10-11-17-18(12-16)23-20(24-19(17)22)15-8-6-14(7-9-15)13-4-2-1-3-5-13/h1-12H. The third kappa shape index (κ3) is 2.86. The van der Waals surface area contributed by atoms with E-state index in [1.807, 2.05) is 36.4 Å². The zero-order valence-corrected chi connectivity index (χ0v) is 14.1. The second-order valence-electron chi connectivity index (χ2n) is 5.44. The first-order chi connectivity index (χ1) is 11.7. The number of rotatable bonds is 2. The van der Waals surface area contributed by atoms with E-state index in [2.05, 4.69) is 34.2 Å². The molecule has 4 heteroatoms. The molecule has 0 saturated carbocycles. The minimum absolute atomic E-state index is 0.429. The first-order valence-corrected chi connectivity index (χ1v) is 8.25. The maximum absolute atomic E-state index is 6.30. The van der Waals surface area contributed by atoms with Gasteiger partial charge in [-0.15, -0.1) is 0 Å². The molecule has 3 aromatic carbocycles. The van der Waals surface area contributed by atoms with Gasteiger partial charge in [-0.1, -0.05) is 77.8 Å². The zero-order valence-electron chi connectivity index (χ0n) is 12.6. The van der Waals surface area contributed by atoms with Crippen LogP contribution in [0.3, 0.4) is 0 Å². The average Bonchev–Trinajstić information content (AvgIpc) is 2.62. The van der Waals surface area contributed by atoms with Crippen LogP contribution in [0.1, 0.15) is 0 Å². The Labute approximate surface area is 149 Å². The molecule has 0 unspecified atom stereocenters. The van der Waals surface area contributed by atoms with Gasteiger partial charge in [-0.25, -0.2) is 9.97 Å². The van der Waals surface area contributed by atoms with Crippen LogP contribution in [-0.4, -0.2) is 9.97 Å². The Morgan fingerprint density at radius 3 is 2.04 bits per heavy atom. The van der Waals surface area contributed by atoms with Crippen molar-refractivity contribution >= 4 is 34.1 Å². The maximum atomic E-state index is 6.30. The van der Waals surface area contributed by atoms with Gasteiger partial charge in [0.2, 0.25) is 0 Å². The van der Waals surface area contributed by atoms with Crippen molar-refractivity contribution in [2.24, 2.45) is 0 Å². The first-order valence-electron chi connectivity index (χ1n) is 7.49. The molecule has 0 aliphatic carbocycles. The van der Waals surface area contributed by atoms with Gasteiger partial charge in [-0.05, 0) is 29.3 Å². The normalized spacial score (nSPS) is 10.9. The second-order valence-corrected chi connectivity index (χ2v) is 6.24. The highest BCUT2D eigenvalue weighted by atomic mass is 35.5. The van der Waals surface area contributed by atoms with E-state index in [1.165, 1.54) is 5.56 Å². The number of hydrogen-bond donors (Lipinski definition) is 0. The lowest BCUT2D eigenvalue weighted by Crippen LogP contribution is -1.92. The largest absolute Gasteiger partial charge is 0.228 e. The Hall–Kier alpha value is -2.42. The third-order valence-electron chi connectivity index (χ3n) is 3.86. The van der Waals surface area contributed by atoms with Crippen molar-refractivity contribution in [3.63, 3.8) is 0 Å². The van der Waals surface area contributed by atoms with E-state index in [1.54, 1.807) is 12.1 Å². The SMILES string of the molecule is Clc1ccc2c(Cl)nc(-c3ccc(-c4ccccc4)cc3)nc2c1. The van der Waals surface area contributed by atoms with Crippen LogP contribution in [0.15, 0.2) is 72.8 Å². The quantitative estimate of drug-likeness (QED) is 0.398. The Morgan fingerprint density at radius 1 is 0.625 bits per heavy atom. The lowest BCUT2D eigenvalue weighted by Gasteiger charge is -2.06. The molecule has 0 radical (unpaired) electrons. The summed E-state index contributed by atoms with van der Waals surface area (Å²) in [4.78, 5) is 9.00. The molecule has 116 valence electrons. The summed E-state index contributed by atoms with van der Waals surface area (Å²) in [6.07, 6.45) is 0. The molecule has 24 heavy (non-hydrogen) atoms. The molecular formula is C20H12Cl2N2. The van der Waals surface area contributed by atoms with Gasteiger partial charge in [0.05, 0.1) is 5.52 Å². The van der Waals surface area contributed by atoms with Gasteiger partial charge in [0.15, 0.2) is 5.82 Å². The van der Waals surface area contributed by atoms with Gasteiger partial charge in [-0.3, -0.25) is 0 Å². The number of nitrogens with zero attached hydrogens (tertiary/aromatic N) is 2. The molecule has 1 heterocycles. The van der Waals surface area contributed by atoms with Gasteiger partial charge >= 0.3 is 0 Å². The van der Waals surface area contributed by atoms with Crippen molar-refractivity contribution in [1.29, 1.82) is 0 Å². The summed E-state index contributed by atoms with van der Waals surface area (Å²) in [6.45, 7) is 0. The van der Waals surface area contributed by atoms with E-state index in [-0.39, 0.29) is 0 Å². The molecule has 0 saturated heterocycles. The van der Waals surface area contributed by atoms with Crippen LogP contribution in [0.4, 0.5) is 0 Å². The van der Waals surface area contributed by atoms with Crippen LogP contribution in [-0.2, 0) is 0 Å². The highest BCUT2D eigenvalue weighted by Gasteiger charge is 2.09. The lowest BCUT2D eigenvalue weighted by atomic mass is 10.0. The van der Waals surface area contributed by atoms with Crippen molar-refractivity contribution in [2.45, 2.75) is 0 Å². The van der Waals surface area contributed by atoms with E-state index in [0.29, 0.717) is 16.0 Å². The van der Waals surface area contributed by atoms with Crippen LogP contribution >= 0.6 is 23.2 Å². The summed E-state index contributed by atoms with van der Waals surface area (Å²) < 4.78 is 0. The Balaban J connectivity index is 1.77. The van der Waals surface area contributed by atoms with Crippen LogP contribution in [0.5, 0.6) is 0 Å². The molecule has 4 aromatic rings. The summed E-state index contributed by atoms with van der Waals surface area (Å²) in [5.74, 6) is 0.592. The molecule has 4 rings (SSSR count). The van der Waals surface area contributed by atoms with Crippen LogP contribution < -0.4 is 0 Å². The maximum Gasteiger partial charge on any atom is 0.161 e. The molecule has 0 aliphatic rings. The van der Waals surface area contributed by atoms with E-state index in [0.717, 1.165) is 22.0 Å². The minimum Gasteiger partial charge on any atom is -0.228 e.